The minimum Gasteiger partial charge on any atom is -0.487 e. The summed E-state index contributed by atoms with van der Waals surface area (Å²) in [7, 11) is 0. The van der Waals surface area contributed by atoms with Gasteiger partial charge in [-0.25, -0.2) is 0 Å². The number of carbonyl (C=O) groups excluding carboxylic acids is 1. The Labute approximate surface area is 180 Å². The Balaban J connectivity index is 1.68. The van der Waals surface area contributed by atoms with Gasteiger partial charge in [-0.3, -0.25) is 4.79 Å². The molecule has 2 aromatic carbocycles. The number of cyclic esters (lactones) is 1. The van der Waals surface area contributed by atoms with Crippen molar-refractivity contribution < 1.29 is 14.3 Å². The highest BCUT2D eigenvalue weighted by molar-refractivity contribution is 6.32. The van der Waals surface area contributed by atoms with E-state index >= 15 is 0 Å². The van der Waals surface area contributed by atoms with E-state index in [1.165, 1.54) is 0 Å². The molecule has 152 valence electrons. The van der Waals surface area contributed by atoms with Gasteiger partial charge in [0.1, 0.15) is 18.5 Å². The second-order valence-electron chi connectivity index (χ2n) is 7.53. The monoisotopic (exact) mass is 420 g/mol. The lowest BCUT2D eigenvalue weighted by molar-refractivity contribution is -0.152. The first-order chi connectivity index (χ1) is 14.5. The number of esters is 1. The molecule has 2 N–H and O–H groups in total. The number of para-hydroxylation sites is 1. The van der Waals surface area contributed by atoms with Crippen LogP contribution in [0.2, 0.25) is 5.02 Å². The first kappa shape index (κ1) is 20.1. The van der Waals surface area contributed by atoms with E-state index in [1.807, 2.05) is 49.4 Å². The number of ether oxygens (including phenoxy) is 2. The van der Waals surface area contributed by atoms with Gasteiger partial charge in [-0.2, -0.15) is 5.26 Å². The van der Waals surface area contributed by atoms with Gasteiger partial charge in [-0.15, -0.1) is 0 Å². The third-order valence-electron chi connectivity index (χ3n) is 5.45. The van der Waals surface area contributed by atoms with Gasteiger partial charge in [0.2, 0.25) is 0 Å². The lowest BCUT2D eigenvalue weighted by atomic mass is 9.70. The minimum atomic E-state index is -0.539. The van der Waals surface area contributed by atoms with Crippen molar-refractivity contribution in [3.05, 3.63) is 87.6 Å². The van der Waals surface area contributed by atoms with Gasteiger partial charge in [0.05, 0.1) is 22.6 Å². The maximum Gasteiger partial charge on any atom is 0.314 e. The number of nitrogens with zero attached hydrogens (tertiary/aromatic N) is 1. The van der Waals surface area contributed by atoms with E-state index in [0.29, 0.717) is 35.1 Å². The van der Waals surface area contributed by atoms with Crippen molar-refractivity contribution in [2.24, 2.45) is 11.7 Å². The number of allylic oxidation sites excluding steroid dienone is 2. The smallest absolute Gasteiger partial charge is 0.314 e. The van der Waals surface area contributed by atoms with E-state index in [-0.39, 0.29) is 12.1 Å². The Hall–Kier alpha value is -3.23. The maximum absolute atomic E-state index is 12.7. The molecule has 0 bridgehead atoms. The molecule has 0 saturated heterocycles. The van der Waals surface area contributed by atoms with Gasteiger partial charge in [-0.1, -0.05) is 48.0 Å². The predicted molar refractivity (Wildman–Crippen MR) is 114 cm³/mol. The van der Waals surface area contributed by atoms with Crippen LogP contribution < -0.4 is 10.5 Å². The van der Waals surface area contributed by atoms with Crippen LogP contribution in [-0.2, 0) is 16.1 Å². The molecular formula is C24H21ClN2O3. The minimum absolute atomic E-state index is 0.295. The molecule has 2 aromatic rings. The van der Waals surface area contributed by atoms with Gasteiger partial charge < -0.3 is 15.2 Å². The number of nitrogens with two attached hydrogens (primary N) is 1. The van der Waals surface area contributed by atoms with E-state index < -0.39 is 11.8 Å². The van der Waals surface area contributed by atoms with E-state index in [4.69, 9.17) is 26.8 Å². The summed E-state index contributed by atoms with van der Waals surface area (Å²) >= 11 is 6.16. The normalized spacial score (nSPS) is 23.2. The molecule has 1 aliphatic heterocycles. The molecule has 3 unspecified atom stereocenters. The van der Waals surface area contributed by atoms with Gasteiger partial charge >= 0.3 is 5.97 Å². The number of nitriles is 1. The van der Waals surface area contributed by atoms with E-state index in [1.54, 1.807) is 12.1 Å². The Morgan fingerprint density at radius 3 is 2.80 bits per heavy atom. The van der Waals surface area contributed by atoms with Crippen LogP contribution in [0.25, 0.3) is 0 Å². The molecule has 0 spiro atoms. The highest BCUT2D eigenvalue weighted by atomic mass is 35.5. The molecule has 0 amide bonds. The summed E-state index contributed by atoms with van der Waals surface area (Å²) in [5.41, 5.74) is 9.80. The average Bonchev–Trinajstić information content (AvgIpc) is 2.72. The summed E-state index contributed by atoms with van der Waals surface area (Å²) in [4.78, 5) is 12.7. The van der Waals surface area contributed by atoms with Crippen LogP contribution in [0, 0.1) is 17.2 Å². The van der Waals surface area contributed by atoms with E-state index in [9.17, 15) is 10.1 Å². The molecule has 30 heavy (non-hydrogen) atoms. The number of benzene rings is 2. The van der Waals surface area contributed by atoms with Crippen molar-refractivity contribution in [2.45, 2.75) is 32.0 Å². The number of carbonyl (C=O) groups is 1. The highest BCUT2D eigenvalue weighted by Gasteiger charge is 2.43. The van der Waals surface area contributed by atoms with Crippen molar-refractivity contribution >= 4 is 17.6 Å². The van der Waals surface area contributed by atoms with Crippen LogP contribution in [0.3, 0.4) is 0 Å². The average molecular weight is 421 g/mol. The third-order valence-corrected chi connectivity index (χ3v) is 5.76. The zero-order valence-electron chi connectivity index (χ0n) is 16.5. The van der Waals surface area contributed by atoms with Crippen LogP contribution in [0.15, 0.2) is 71.5 Å². The second-order valence-corrected chi connectivity index (χ2v) is 7.94. The largest absolute Gasteiger partial charge is 0.487 e. The zero-order chi connectivity index (χ0) is 21.3. The summed E-state index contributed by atoms with van der Waals surface area (Å²) in [6.07, 6.45) is 2.06. The molecular weight excluding hydrogens is 400 g/mol. The van der Waals surface area contributed by atoms with E-state index in [0.717, 1.165) is 16.7 Å². The summed E-state index contributed by atoms with van der Waals surface area (Å²) in [5.74, 6) is -0.736. The Morgan fingerprint density at radius 1 is 1.23 bits per heavy atom. The first-order valence-electron chi connectivity index (χ1n) is 9.73. The molecule has 0 saturated carbocycles. The highest BCUT2D eigenvalue weighted by Crippen LogP contribution is 2.45. The van der Waals surface area contributed by atoms with Gasteiger partial charge in [-0.05, 0) is 41.8 Å². The van der Waals surface area contributed by atoms with Crippen LogP contribution in [0.1, 0.15) is 30.4 Å². The number of halogens is 1. The van der Waals surface area contributed by atoms with Gasteiger partial charge in [0, 0.05) is 18.0 Å². The van der Waals surface area contributed by atoms with Crippen LogP contribution >= 0.6 is 11.6 Å². The van der Waals surface area contributed by atoms with Crippen LogP contribution in [0.5, 0.6) is 5.75 Å². The van der Waals surface area contributed by atoms with E-state index in [2.05, 4.69) is 6.07 Å². The lowest BCUT2D eigenvalue weighted by Crippen LogP contribution is -2.37. The molecule has 6 heteroatoms. The summed E-state index contributed by atoms with van der Waals surface area (Å²) < 4.78 is 11.3. The van der Waals surface area contributed by atoms with Gasteiger partial charge in [0.15, 0.2) is 0 Å². The number of hydrogen-bond acceptors (Lipinski definition) is 5. The van der Waals surface area contributed by atoms with Crippen molar-refractivity contribution in [2.75, 3.05) is 0 Å². The molecule has 0 fully saturated rings. The standard InChI is InChI=1S/C24H21ClN2O3/c1-14-9-17-11-20(27)18(12-26)22(23(17)24(28)30-14)16-6-4-5-15(10-16)13-29-21-8-3-2-7-19(21)25/h2-10,14,22-23H,11,13,27H2,1H3. The third kappa shape index (κ3) is 3.79. The SMILES string of the molecule is CC1C=C2CC(N)=C(C#N)C(c3cccc(COc4ccccc4Cl)c3)C2C(=O)O1. The number of hydrogen-bond donors (Lipinski definition) is 1. The second kappa shape index (κ2) is 8.25. The molecule has 0 radical (unpaired) electrons. The quantitative estimate of drug-likeness (QED) is 0.575. The topological polar surface area (TPSA) is 85.3 Å². The van der Waals surface area contributed by atoms with Crippen molar-refractivity contribution in [1.82, 2.24) is 0 Å². The molecule has 1 aliphatic carbocycles. The van der Waals surface area contributed by atoms with Gasteiger partial charge in [0.25, 0.3) is 0 Å². The van der Waals surface area contributed by atoms with Crippen molar-refractivity contribution in [3.63, 3.8) is 0 Å². The maximum atomic E-state index is 12.7. The zero-order valence-corrected chi connectivity index (χ0v) is 17.2. The Bertz CT molecular complexity index is 1100. The lowest BCUT2D eigenvalue weighted by Gasteiger charge is -2.36. The Kier molecular flexibility index (Phi) is 5.52. The number of fused-ring (bicyclic) bond motifs is 1. The molecule has 2 aliphatic rings. The fourth-order valence-electron chi connectivity index (χ4n) is 4.15. The van der Waals surface area contributed by atoms with Crippen LogP contribution in [0.4, 0.5) is 0 Å². The van der Waals surface area contributed by atoms with Crippen molar-refractivity contribution in [3.8, 4) is 11.8 Å². The number of rotatable bonds is 4. The fraction of sp³-hybridized carbons (Fsp3) is 0.250. The summed E-state index contributed by atoms with van der Waals surface area (Å²) in [6.45, 7) is 2.13. The fourth-order valence-corrected chi connectivity index (χ4v) is 4.34. The Morgan fingerprint density at radius 2 is 2.03 bits per heavy atom. The molecule has 5 nitrogen and oxygen atoms in total. The molecule has 1 heterocycles. The summed E-state index contributed by atoms with van der Waals surface area (Å²) in [5, 5.41) is 10.3. The molecule has 3 atom stereocenters. The molecule has 4 rings (SSSR count). The first-order valence-corrected chi connectivity index (χ1v) is 10.1. The van der Waals surface area contributed by atoms with Crippen LogP contribution in [-0.4, -0.2) is 12.1 Å². The summed E-state index contributed by atoms with van der Waals surface area (Å²) in [6, 6.07) is 17.2. The molecule has 0 aromatic heterocycles. The predicted octanol–water partition coefficient (Wildman–Crippen LogP) is 4.63. The van der Waals surface area contributed by atoms with Crippen molar-refractivity contribution in [1.29, 1.82) is 5.26 Å².